The fourth-order valence-corrected chi connectivity index (χ4v) is 3.36. The Kier molecular flexibility index (Phi) is 2.78. The van der Waals surface area contributed by atoms with E-state index >= 15 is 0 Å². The van der Waals surface area contributed by atoms with Crippen LogP contribution in [0.5, 0.6) is 0 Å². The first-order valence-corrected chi connectivity index (χ1v) is 7.11. The van der Waals surface area contributed by atoms with Gasteiger partial charge in [0.25, 0.3) is 0 Å². The Bertz CT molecular complexity index is 415. The molecule has 0 radical (unpaired) electrons. The number of fused-ring (bicyclic) bond motifs is 1. The van der Waals surface area contributed by atoms with E-state index in [1.807, 2.05) is 0 Å². The third-order valence-corrected chi connectivity index (χ3v) is 4.67. The second kappa shape index (κ2) is 4.16. The first-order chi connectivity index (χ1) is 8.16. The number of nitrogens with zero attached hydrogens (tertiary/aromatic N) is 1. The molecule has 2 N–H and O–H groups in total. The van der Waals surface area contributed by atoms with Crippen molar-refractivity contribution in [3.8, 4) is 0 Å². The van der Waals surface area contributed by atoms with Gasteiger partial charge in [-0.15, -0.1) is 0 Å². The summed E-state index contributed by atoms with van der Waals surface area (Å²) in [7, 11) is 0. The summed E-state index contributed by atoms with van der Waals surface area (Å²) in [6.45, 7) is 5.86. The molecule has 2 aliphatic carbocycles. The Morgan fingerprint density at radius 3 is 2.88 bits per heavy atom. The topological polar surface area (TPSA) is 30.9 Å². The Morgan fingerprint density at radius 2 is 2.18 bits per heavy atom. The molecule has 0 aliphatic heterocycles. The van der Waals surface area contributed by atoms with Gasteiger partial charge in [0.2, 0.25) is 0 Å². The standard InChI is InChI=1S/C15H24N2/c1-10(12-6-7-12)9-17-11(2)8-13-14(16)4-3-5-15(13)17/h8,10,12,14H,3-7,9,16H2,1-2H3. The quantitative estimate of drug-likeness (QED) is 0.852. The van der Waals surface area contributed by atoms with E-state index in [1.165, 1.54) is 49.2 Å². The SMILES string of the molecule is Cc1cc2c(n1CC(C)C1CC1)CCCC2N. The summed E-state index contributed by atoms with van der Waals surface area (Å²) < 4.78 is 2.55. The third-order valence-electron chi connectivity index (χ3n) is 4.67. The molecule has 1 aromatic heterocycles. The van der Waals surface area contributed by atoms with Gasteiger partial charge in [-0.25, -0.2) is 0 Å². The predicted molar refractivity (Wildman–Crippen MR) is 70.9 cm³/mol. The molecule has 0 bridgehead atoms. The van der Waals surface area contributed by atoms with Gasteiger partial charge in [-0.2, -0.15) is 0 Å². The molecule has 0 saturated heterocycles. The lowest BCUT2D eigenvalue weighted by Crippen LogP contribution is -2.20. The lowest BCUT2D eigenvalue weighted by Gasteiger charge is -2.22. The number of nitrogens with two attached hydrogens (primary N) is 1. The van der Waals surface area contributed by atoms with Crippen LogP contribution in [0.2, 0.25) is 0 Å². The van der Waals surface area contributed by atoms with Crippen LogP contribution in [0.3, 0.4) is 0 Å². The molecule has 1 heterocycles. The van der Waals surface area contributed by atoms with Gasteiger partial charge in [0, 0.05) is 24.0 Å². The Morgan fingerprint density at radius 1 is 1.41 bits per heavy atom. The molecule has 2 atom stereocenters. The molecule has 0 spiro atoms. The van der Waals surface area contributed by atoms with Crippen LogP contribution in [0.1, 0.15) is 55.6 Å². The summed E-state index contributed by atoms with van der Waals surface area (Å²) >= 11 is 0. The van der Waals surface area contributed by atoms with Crippen molar-refractivity contribution in [3.63, 3.8) is 0 Å². The fraction of sp³-hybridized carbons (Fsp3) is 0.733. The number of aryl methyl sites for hydroxylation is 1. The molecule has 0 aromatic carbocycles. The second-order valence-electron chi connectivity index (χ2n) is 6.11. The number of aromatic nitrogens is 1. The zero-order valence-electron chi connectivity index (χ0n) is 11.1. The van der Waals surface area contributed by atoms with Crippen molar-refractivity contribution in [1.29, 1.82) is 0 Å². The number of hydrogen-bond acceptors (Lipinski definition) is 1. The maximum atomic E-state index is 6.22. The molecule has 17 heavy (non-hydrogen) atoms. The average molecular weight is 232 g/mol. The highest BCUT2D eigenvalue weighted by Gasteiger charge is 2.29. The average Bonchev–Trinajstić information content (AvgIpc) is 3.08. The van der Waals surface area contributed by atoms with E-state index in [0.717, 1.165) is 18.3 Å². The summed E-state index contributed by atoms with van der Waals surface area (Å²) in [5.74, 6) is 1.83. The van der Waals surface area contributed by atoms with Crippen LogP contribution in [0.25, 0.3) is 0 Å². The molecule has 2 heteroatoms. The fourth-order valence-electron chi connectivity index (χ4n) is 3.36. The normalized spacial score (nSPS) is 25.7. The molecule has 2 aliphatic rings. The van der Waals surface area contributed by atoms with Gasteiger partial charge in [-0.1, -0.05) is 6.92 Å². The van der Waals surface area contributed by atoms with E-state index in [2.05, 4.69) is 24.5 Å². The molecule has 0 amide bonds. The van der Waals surface area contributed by atoms with Crippen molar-refractivity contribution in [2.45, 2.75) is 58.5 Å². The predicted octanol–water partition coefficient (Wildman–Crippen LogP) is 3.18. The highest BCUT2D eigenvalue weighted by molar-refractivity contribution is 5.32. The monoisotopic (exact) mass is 232 g/mol. The smallest absolute Gasteiger partial charge is 0.0313 e. The summed E-state index contributed by atoms with van der Waals surface area (Å²) in [5.41, 5.74) is 10.6. The molecule has 2 unspecified atom stereocenters. The number of hydrogen-bond donors (Lipinski definition) is 1. The van der Waals surface area contributed by atoms with E-state index in [1.54, 1.807) is 0 Å². The van der Waals surface area contributed by atoms with E-state index in [0.29, 0.717) is 0 Å². The Labute approximate surface area is 104 Å². The minimum Gasteiger partial charge on any atom is -0.348 e. The summed E-state index contributed by atoms with van der Waals surface area (Å²) in [6.07, 6.45) is 6.55. The second-order valence-corrected chi connectivity index (χ2v) is 6.11. The maximum Gasteiger partial charge on any atom is 0.0313 e. The lowest BCUT2D eigenvalue weighted by atomic mass is 9.93. The van der Waals surface area contributed by atoms with E-state index in [4.69, 9.17) is 5.73 Å². The molecular weight excluding hydrogens is 208 g/mol. The highest BCUT2D eigenvalue weighted by atomic mass is 15.0. The molecule has 94 valence electrons. The largest absolute Gasteiger partial charge is 0.348 e. The van der Waals surface area contributed by atoms with E-state index < -0.39 is 0 Å². The zero-order chi connectivity index (χ0) is 12.0. The maximum absolute atomic E-state index is 6.22. The molecule has 1 saturated carbocycles. The van der Waals surface area contributed by atoms with E-state index in [9.17, 15) is 0 Å². The third kappa shape index (κ3) is 2.03. The van der Waals surface area contributed by atoms with Crippen molar-refractivity contribution in [2.24, 2.45) is 17.6 Å². The van der Waals surface area contributed by atoms with Gasteiger partial charge in [-0.05, 0) is 62.5 Å². The Hall–Kier alpha value is -0.760. The van der Waals surface area contributed by atoms with Crippen molar-refractivity contribution in [2.75, 3.05) is 0 Å². The zero-order valence-corrected chi connectivity index (χ0v) is 11.1. The van der Waals surface area contributed by atoms with Crippen LogP contribution in [0.15, 0.2) is 6.07 Å². The van der Waals surface area contributed by atoms with Gasteiger partial charge in [0.15, 0.2) is 0 Å². The molecular formula is C15H24N2. The van der Waals surface area contributed by atoms with Crippen LogP contribution in [-0.2, 0) is 13.0 Å². The molecule has 1 fully saturated rings. The first kappa shape index (κ1) is 11.3. The van der Waals surface area contributed by atoms with Crippen LogP contribution in [0, 0.1) is 18.8 Å². The van der Waals surface area contributed by atoms with Gasteiger partial charge >= 0.3 is 0 Å². The summed E-state index contributed by atoms with van der Waals surface area (Å²) in [5, 5.41) is 0. The Balaban J connectivity index is 1.87. The molecule has 1 aromatic rings. The lowest BCUT2D eigenvalue weighted by molar-refractivity contribution is 0.412. The van der Waals surface area contributed by atoms with Gasteiger partial charge < -0.3 is 10.3 Å². The number of rotatable bonds is 3. The van der Waals surface area contributed by atoms with Crippen molar-refractivity contribution < 1.29 is 0 Å². The van der Waals surface area contributed by atoms with Crippen molar-refractivity contribution in [1.82, 2.24) is 4.57 Å². The van der Waals surface area contributed by atoms with Crippen molar-refractivity contribution in [3.05, 3.63) is 23.0 Å². The minimum absolute atomic E-state index is 0.287. The van der Waals surface area contributed by atoms with Gasteiger partial charge in [-0.3, -0.25) is 0 Å². The summed E-state index contributed by atoms with van der Waals surface area (Å²) in [6, 6.07) is 2.62. The summed E-state index contributed by atoms with van der Waals surface area (Å²) in [4.78, 5) is 0. The molecule has 2 nitrogen and oxygen atoms in total. The van der Waals surface area contributed by atoms with Gasteiger partial charge in [0.1, 0.15) is 0 Å². The first-order valence-electron chi connectivity index (χ1n) is 7.11. The van der Waals surface area contributed by atoms with Crippen LogP contribution in [-0.4, -0.2) is 4.57 Å². The van der Waals surface area contributed by atoms with E-state index in [-0.39, 0.29) is 6.04 Å². The molecule has 3 rings (SSSR count). The van der Waals surface area contributed by atoms with Crippen LogP contribution < -0.4 is 5.73 Å². The van der Waals surface area contributed by atoms with Crippen LogP contribution >= 0.6 is 0 Å². The van der Waals surface area contributed by atoms with Crippen LogP contribution in [0.4, 0.5) is 0 Å². The minimum atomic E-state index is 0.287. The van der Waals surface area contributed by atoms with Gasteiger partial charge in [0.05, 0.1) is 0 Å². The van der Waals surface area contributed by atoms with Crippen molar-refractivity contribution >= 4 is 0 Å². The highest BCUT2D eigenvalue weighted by Crippen LogP contribution is 2.39.